The summed E-state index contributed by atoms with van der Waals surface area (Å²) in [5, 5.41) is 25.2. The number of ether oxygens (including phenoxy) is 1. The third-order valence-electron chi connectivity index (χ3n) is 7.03. The molecule has 2 heterocycles. The van der Waals surface area contributed by atoms with Crippen LogP contribution >= 0.6 is 0 Å². The number of amides is 2. The molecule has 1 fully saturated rings. The van der Waals surface area contributed by atoms with Crippen molar-refractivity contribution >= 4 is 11.8 Å². The summed E-state index contributed by atoms with van der Waals surface area (Å²) in [4.78, 5) is 13.1. The number of aryl methyl sites for hydroxylation is 1. The van der Waals surface area contributed by atoms with Crippen molar-refractivity contribution in [3.8, 4) is 16.9 Å². The molecule has 2 amide bonds. The number of aliphatic hydroxyl groups excluding tert-OH is 1. The third-order valence-corrected chi connectivity index (χ3v) is 7.03. The van der Waals surface area contributed by atoms with E-state index in [9.17, 15) is 9.90 Å². The molecule has 4 rings (SSSR count). The van der Waals surface area contributed by atoms with Gasteiger partial charge in [-0.1, -0.05) is 25.1 Å². The molecule has 182 valence electrons. The number of anilines is 1. The zero-order chi connectivity index (χ0) is 24.2. The van der Waals surface area contributed by atoms with Crippen LogP contribution in [0.25, 0.3) is 16.9 Å². The van der Waals surface area contributed by atoms with Crippen molar-refractivity contribution in [2.24, 2.45) is 24.8 Å². The Bertz CT molecular complexity index is 1110. The average molecular weight is 467 g/mol. The van der Waals surface area contributed by atoms with E-state index in [1.807, 2.05) is 50.5 Å². The number of carbonyl (C=O) groups excluding carboxylic acids is 1. The van der Waals surface area contributed by atoms with E-state index >= 15 is 0 Å². The first kappa shape index (κ1) is 24.0. The molecule has 9 nitrogen and oxygen atoms in total. The van der Waals surface area contributed by atoms with Gasteiger partial charge in [-0.25, -0.2) is 9.48 Å². The van der Waals surface area contributed by atoms with Gasteiger partial charge >= 0.3 is 6.03 Å². The Hall–Kier alpha value is -3.17. The van der Waals surface area contributed by atoms with Gasteiger partial charge in [0.25, 0.3) is 0 Å². The van der Waals surface area contributed by atoms with E-state index in [0.717, 1.165) is 35.3 Å². The molecule has 2 aromatic heterocycles. The number of aliphatic hydroxyl groups is 1. The summed E-state index contributed by atoms with van der Waals surface area (Å²) in [7, 11) is 3.55. The van der Waals surface area contributed by atoms with Crippen molar-refractivity contribution in [3.63, 3.8) is 0 Å². The third kappa shape index (κ3) is 4.85. The van der Waals surface area contributed by atoms with Gasteiger partial charge in [0.15, 0.2) is 0 Å². The second-order valence-electron chi connectivity index (χ2n) is 9.16. The molecule has 4 atom stereocenters. The Labute approximate surface area is 200 Å². The van der Waals surface area contributed by atoms with Crippen LogP contribution in [0.2, 0.25) is 0 Å². The number of hydrogen-bond acceptors (Lipinski definition) is 5. The minimum Gasteiger partial charge on any atom is -0.396 e. The van der Waals surface area contributed by atoms with Crippen LogP contribution < -0.4 is 10.6 Å². The standard InChI is InChI=1S/C25H34N6O3/c1-16-21(15-32)18(10-11-34-4)12-22(16)27-25(33)28-24-17(2)23(19-13-26-30(3)14-19)29-31(24)20-8-6-5-7-9-20/h5-9,13-14,16,18,21-22,32H,10-12,15H2,1-4H3,(H2,27,28,33)/t16-,18-,21-,22-/m1/s1. The smallest absolute Gasteiger partial charge is 0.320 e. The summed E-state index contributed by atoms with van der Waals surface area (Å²) < 4.78 is 8.73. The van der Waals surface area contributed by atoms with Gasteiger partial charge in [-0.3, -0.25) is 10.00 Å². The molecule has 1 aliphatic rings. The fourth-order valence-electron chi connectivity index (χ4n) is 5.08. The highest BCUT2D eigenvalue weighted by Crippen LogP contribution is 2.39. The van der Waals surface area contributed by atoms with Crippen molar-refractivity contribution < 1.29 is 14.6 Å². The Balaban J connectivity index is 1.57. The van der Waals surface area contributed by atoms with E-state index < -0.39 is 0 Å². The number of para-hydroxylation sites is 1. The number of nitrogens with zero attached hydrogens (tertiary/aromatic N) is 4. The molecular formula is C25H34N6O3. The molecule has 0 radical (unpaired) electrons. The first-order valence-electron chi connectivity index (χ1n) is 11.7. The van der Waals surface area contributed by atoms with Crippen LogP contribution in [0.5, 0.6) is 0 Å². The molecular weight excluding hydrogens is 432 g/mol. The van der Waals surface area contributed by atoms with Crippen LogP contribution in [0.3, 0.4) is 0 Å². The van der Waals surface area contributed by atoms with Crippen LogP contribution in [0.15, 0.2) is 42.7 Å². The SMILES string of the molecule is COCC[C@@H]1C[C@@H](NC(=O)Nc2c(C)c(-c3cnn(C)c3)nn2-c2ccccc2)[C@H](C)[C@H]1CO. The van der Waals surface area contributed by atoms with Gasteiger partial charge < -0.3 is 15.2 Å². The van der Waals surface area contributed by atoms with E-state index in [1.165, 1.54) is 0 Å². The summed E-state index contributed by atoms with van der Waals surface area (Å²) in [6.45, 7) is 4.81. The van der Waals surface area contributed by atoms with E-state index in [-0.39, 0.29) is 30.5 Å². The average Bonchev–Trinajstić information content (AvgIpc) is 3.49. The molecule has 3 N–H and O–H groups in total. The van der Waals surface area contributed by atoms with E-state index in [4.69, 9.17) is 9.84 Å². The van der Waals surface area contributed by atoms with Gasteiger partial charge in [-0.15, -0.1) is 0 Å². The normalized spacial score (nSPS) is 22.1. The molecule has 0 unspecified atom stereocenters. The molecule has 34 heavy (non-hydrogen) atoms. The summed E-state index contributed by atoms with van der Waals surface area (Å²) >= 11 is 0. The molecule has 1 aromatic carbocycles. The Morgan fingerprint density at radius 3 is 2.71 bits per heavy atom. The number of methoxy groups -OCH3 is 1. The first-order valence-corrected chi connectivity index (χ1v) is 11.7. The molecule has 0 aliphatic heterocycles. The van der Waals surface area contributed by atoms with Crippen molar-refractivity contribution in [1.82, 2.24) is 24.9 Å². The maximum absolute atomic E-state index is 13.1. The number of urea groups is 1. The minimum atomic E-state index is -0.279. The second kappa shape index (κ2) is 10.4. The Kier molecular flexibility index (Phi) is 7.33. The van der Waals surface area contributed by atoms with Gasteiger partial charge in [0.1, 0.15) is 11.5 Å². The zero-order valence-electron chi connectivity index (χ0n) is 20.2. The van der Waals surface area contributed by atoms with Crippen molar-refractivity contribution in [2.45, 2.75) is 32.7 Å². The molecule has 1 aliphatic carbocycles. The van der Waals surface area contributed by atoms with Gasteiger partial charge in [-0.05, 0) is 49.7 Å². The molecule has 0 bridgehead atoms. The number of aromatic nitrogens is 4. The highest BCUT2D eigenvalue weighted by molar-refractivity contribution is 5.91. The Morgan fingerprint density at radius 2 is 2.06 bits per heavy atom. The van der Waals surface area contributed by atoms with Crippen molar-refractivity contribution in [3.05, 3.63) is 48.3 Å². The van der Waals surface area contributed by atoms with E-state index in [0.29, 0.717) is 18.3 Å². The number of nitrogens with one attached hydrogen (secondary N) is 2. The molecule has 0 spiro atoms. The van der Waals surface area contributed by atoms with Crippen molar-refractivity contribution in [1.29, 1.82) is 0 Å². The van der Waals surface area contributed by atoms with E-state index in [2.05, 4.69) is 22.7 Å². The summed E-state index contributed by atoms with van der Waals surface area (Å²) in [6, 6.07) is 9.43. The lowest BCUT2D eigenvalue weighted by molar-refractivity contribution is 0.127. The number of carbonyl (C=O) groups is 1. The van der Waals surface area contributed by atoms with Crippen LogP contribution in [-0.2, 0) is 11.8 Å². The van der Waals surface area contributed by atoms with Gasteiger partial charge in [-0.2, -0.15) is 10.2 Å². The van der Waals surface area contributed by atoms with Gasteiger partial charge in [0.2, 0.25) is 0 Å². The topological polar surface area (TPSA) is 106 Å². The van der Waals surface area contributed by atoms with Gasteiger partial charge in [0.05, 0.1) is 11.9 Å². The quantitative estimate of drug-likeness (QED) is 0.472. The largest absolute Gasteiger partial charge is 0.396 e. The van der Waals surface area contributed by atoms with Crippen molar-refractivity contribution in [2.75, 3.05) is 25.6 Å². The fourth-order valence-corrected chi connectivity index (χ4v) is 5.08. The van der Waals surface area contributed by atoms with E-state index in [1.54, 1.807) is 22.7 Å². The lowest BCUT2D eigenvalue weighted by atomic mass is 9.89. The molecule has 9 heteroatoms. The molecule has 3 aromatic rings. The summed E-state index contributed by atoms with van der Waals surface area (Å²) in [5.41, 5.74) is 3.36. The zero-order valence-corrected chi connectivity index (χ0v) is 20.2. The highest BCUT2D eigenvalue weighted by atomic mass is 16.5. The lowest BCUT2D eigenvalue weighted by Crippen LogP contribution is -2.40. The summed E-state index contributed by atoms with van der Waals surface area (Å²) in [5.74, 6) is 1.25. The number of benzene rings is 1. The predicted molar refractivity (Wildman–Crippen MR) is 131 cm³/mol. The lowest BCUT2D eigenvalue weighted by Gasteiger charge is -2.22. The highest BCUT2D eigenvalue weighted by Gasteiger charge is 2.40. The predicted octanol–water partition coefficient (Wildman–Crippen LogP) is 3.37. The van der Waals surface area contributed by atoms with Gasteiger partial charge in [0, 0.05) is 50.7 Å². The maximum Gasteiger partial charge on any atom is 0.320 e. The van der Waals surface area contributed by atoms with Crippen LogP contribution in [0.4, 0.5) is 10.6 Å². The van der Waals surface area contributed by atoms with Crippen LogP contribution in [0.1, 0.15) is 25.3 Å². The molecule has 1 saturated carbocycles. The first-order chi connectivity index (χ1) is 16.4. The number of rotatable bonds is 8. The van der Waals surface area contributed by atoms with Crippen LogP contribution in [0, 0.1) is 24.7 Å². The number of hydrogen-bond donors (Lipinski definition) is 3. The summed E-state index contributed by atoms with van der Waals surface area (Å²) in [6.07, 6.45) is 5.37. The maximum atomic E-state index is 13.1. The second-order valence-corrected chi connectivity index (χ2v) is 9.16. The minimum absolute atomic E-state index is 0.0230. The Morgan fingerprint density at radius 1 is 1.29 bits per heavy atom. The molecule has 0 saturated heterocycles. The van der Waals surface area contributed by atoms with Crippen LogP contribution in [-0.4, -0.2) is 57.1 Å². The fraction of sp³-hybridized carbons (Fsp3) is 0.480. The monoisotopic (exact) mass is 466 g/mol.